The summed E-state index contributed by atoms with van der Waals surface area (Å²) in [5, 5.41) is 2.95. The maximum Gasteiger partial charge on any atom is 0.225 e. The summed E-state index contributed by atoms with van der Waals surface area (Å²) in [5.41, 5.74) is 4.61. The van der Waals surface area contributed by atoms with Crippen molar-refractivity contribution < 1.29 is 4.79 Å². The van der Waals surface area contributed by atoms with Crippen LogP contribution in [0.2, 0.25) is 0 Å². The van der Waals surface area contributed by atoms with Crippen LogP contribution in [0.25, 0.3) is 0 Å². The quantitative estimate of drug-likeness (QED) is 0.808. The zero-order valence-corrected chi connectivity index (χ0v) is 10.3. The fourth-order valence-corrected chi connectivity index (χ4v) is 2.56. The van der Waals surface area contributed by atoms with Gasteiger partial charge in [-0.15, -0.1) is 0 Å². The minimum Gasteiger partial charge on any atom is -0.326 e. The van der Waals surface area contributed by atoms with Gasteiger partial charge in [0.05, 0.1) is 0 Å². The highest BCUT2D eigenvalue weighted by atomic mass is 16.1. The van der Waals surface area contributed by atoms with E-state index in [9.17, 15) is 4.79 Å². The maximum absolute atomic E-state index is 11.8. The van der Waals surface area contributed by atoms with E-state index in [1.54, 1.807) is 0 Å². The van der Waals surface area contributed by atoms with Gasteiger partial charge >= 0.3 is 0 Å². The topological polar surface area (TPSA) is 29.1 Å². The number of fused-ring (bicyclic) bond motifs is 1. The van der Waals surface area contributed by atoms with E-state index in [-0.39, 0.29) is 11.8 Å². The van der Waals surface area contributed by atoms with Gasteiger partial charge < -0.3 is 5.32 Å². The largest absolute Gasteiger partial charge is 0.326 e. The van der Waals surface area contributed by atoms with Gasteiger partial charge in [-0.3, -0.25) is 4.79 Å². The molecule has 1 aliphatic rings. The third-order valence-electron chi connectivity index (χ3n) is 3.45. The van der Waals surface area contributed by atoms with Crippen LogP contribution >= 0.6 is 0 Å². The summed E-state index contributed by atoms with van der Waals surface area (Å²) in [5.74, 6) is 0.273. The molecular weight excluding hydrogens is 222 g/mol. The number of carbonyl (C=O) groups excluding carboxylic acids is 1. The predicted molar refractivity (Wildman–Crippen MR) is 72.7 cm³/mol. The highest BCUT2D eigenvalue weighted by molar-refractivity contribution is 5.95. The van der Waals surface area contributed by atoms with Crippen molar-refractivity contribution in [1.82, 2.24) is 0 Å². The van der Waals surface area contributed by atoms with E-state index >= 15 is 0 Å². The third-order valence-corrected chi connectivity index (χ3v) is 3.45. The standard InChI is InChI=1S/C16H15NO/c1-11-7-8-15-14(9-11)13(10-16(18)17-15)12-5-3-2-4-6-12/h2-9,13H,10H2,1H3,(H,17,18)/t13-/m0/s1. The minimum atomic E-state index is 0.0974. The number of rotatable bonds is 1. The zero-order chi connectivity index (χ0) is 12.5. The van der Waals surface area contributed by atoms with E-state index in [2.05, 4.69) is 30.4 Å². The van der Waals surface area contributed by atoms with Crippen molar-refractivity contribution in [3.8, 4) is 0 Å². The van der Waals surface area contributed by atoms with E-state index in [1.807, 2.05) is 30.3 Å². The van der Waals surface area contributed by atoms with Gasteiger partial charge in [0.15, 0.2) is 0 Å². The summed E-state index contributed by atoms with van der Waals surface area (Å²) in [6.45, 7) is 2.08. The Bertz CT molecular complexity index is 589. The van der Waals surface area contributed by atoms with Crippen LogP contribution in [0.1, 0.15) is 29.0 Å². The number of nitrogens with one attached hydrogen (secondary N) is 1. The Morgan fingerprint density at radius 3 is 2.67 bits per heavy atom. The average Bonchev–Trinajstić information content (AvgIpc) is 2.39. The molecule has 0 bridgehead atoms. The Morgan fingerprint density at radius 2 is 1.89 bits per heavy atom. The first-order chi connectivity index (χ1) is 8.74. The summed E-state index contributed by atoms with van der Waals surface area (Å²) in [4.78, 5) is 11.8. The van der Waals surface area contributed by atoms with Gasteiger partial charge in [0, 0.05) is 18.0 Å². The molecule has 1 N–H and O–H groups in total. The lowest BCUT2D eigenvalue weighted by molar-refractivity contribution is -0.116. The molecule has 0 saturated heterocycles. The lowest BCUT2D eigenvalue weighted by Crippen LogP contribution is -2.23. The maximum atomic E-state index is 11.8. The van der Waals surface area contributed by atoms with Gasteiger partial charge in [-0.1, -0.05) is 48.0 Å². The molecule has 2 aromatic rings. The van der Waals surface area contributed by atoms with Crippen LogP contribution < -0.4 is 5.32 Å². The molecule has 2 heteroatoms. The fraction of sp³-hybridized carbons (Fsp3) is 0.188. The molecule has 0 aromatic heterocycles. The molecule has 0 aliphatic carbocycles. The van der Waals surface area contributed by atoms with Crippen LogP contribution in [-0.2, 0) is 4.79 Å². The van der Waals surface area contributed by atoms with Crippen LogP contribution in [0.15, 0.2) is 48.5 Å². The Morgan fingerprint density at radius 1 is 1.11 bits per heavy atom. The van der Waals surface area contributed by atoms with Crippen LogP contribution in [0.4, 0.5) is 5.69 Å². The van der Waals surface area contributed by atoms with E-state index in [4.69, 9.17) is 0 Å². The van der Waals surface area contributed by atoms with Gasteiger partial charge in [-0.2, -0.15) is 0 Å². The van der Waals surface area contributed by atoms with Gasteiger partial charge in [0.25, 0.3) is 0 Å². The number of hydrogen-bond donors (Lipinski definition) is 1. The van der Waals surface area contributed by atoms with Crippen molar-refractivity contribution in [3.63, 3.8) is 0 Å². The molecule has 1 amide bonds. The predicted octanol–water partition coefficient (Wildman–Crippen LogP) is 3.47. The second kappa shape index (κ2) is 4.30. The molecule has 0 fully saturated rings. The molecule has 90 valence electrons. The molecule has 1 atom stereocenters. The molecular formula is C16H15NO. The second-order valence-corrected chi connectivity index (χ2v) is 4.81. The molecule has 0 radical (unpaired) electrons. The molecule has 2 aromatic carbocycles. The van der Waals surface area contributed by atoms with Gasteiger partial charge in [0.1, 0.15) is 0 Å². The Labute approximate surface area is 107 Å². The number of aryl methyl sites for hydroxylation is 1. The number of carbonyl (C=O) groups is 1. The van der Waals surface area contributed by atoms with Crippen molar-refractivity contribution in [2.45, 2.75) is 19.3 Å². The number of amides is 1. The van der Waals surface area contributed by atoms with E-state index < -0.39 is 0 Å². The van der Waals surface area contributed by atoms with Gasteiger partial charge in [-0.25, -0.2) is 0 Å². The molecule has 2 nitrogen and oxygen atoms in total. The highest BCUT2D eigenvalue weighted by Crippen LogP contribution is 2.37. The smallest absolute Gasteiger partial charge is 0.225 e. The Balaban J connectivity index is 2.12. The van der Waals surface area contributed by atoms with Crippen LogP contribution in [-0.4, -0.2) is 5.91 Å². The monoisotopic (exact) mass is 237 g/mol. The first-order valence-electron chi connectivity index (χ1n) is 6.19. The van der Waals surface area contributed by atoms with Gasteiger partial charge in [-0.05, 0) is 24.1 Å². The van der Waals surface area contributed by atoms with Crippen molar-refractivity contribution >= 4 is 11.6 Å². The van der Waals surface area contributed by atoms with Gasteiger partial charge in [0.2, 0.25) is 5.91 Å². The lowest BCUT2D eigenvalue weighted by Gasteiger charge is -2.26. The van der Waals surface area contributed by atoms with E-state index in [0.717, 1.165) is 5.69 Å². The lowest BCUT2D eigenvalue weighted by atomic mass is 9.84. The molecule has 18 heavy (non-hydrogen) atoms. The first-order valence-corrected chi connectivity index (χ1v) is 6.19. The minimum absolute atomic E-state index is 0.0974. The van der Waals surface area contributed by atoms with E-state index in [0.29, 0.717) is 6.42 Å². The van der Waals surface area contributed by atoms with Crippen molar-refractivity contribution in [1.29, 1.82) is 0 Å². The molecule has 0 spiro atoms. The summed E-state index contributed by atoms with van der Waals surface area (Å²) < 4.78 is 0. The number of benzene rings is 2. The van der Waals surface area contributed by atoms with Crippen molar-refractivity contribution in [3.05, 3.63) is 65.2 Å². The zero-order valence-electron chi connectivity index (χ0n) is 10.3. The van der Waals surface area contributed by atoms with E-state index in [1.165, 1.54) is 16.7 Å². The molecule has 0 unspecified atom stereocenters. The second-order valence-electron chi connectivity index (χ2n) is 4.81. The van der Waals surface area contributed by atoms with Crippen LogP contribution in [0.5, 0.6) is 0 Å². The normalized spacial score (nSPS) is 18.1. The average molecular weight is 237 g/mol. The summed E-state index contributed by atoms with van der Waals surface area (Å²) in [6, 6.07) is 16.4. The highest BCUT2D eigenvalue weighted by Gasteiger charge is 2.26. The fourth-order valence-electron chi connectivity index (χ4n) is 2.56. The third kappa shape index (κ3) is 1.90. The Hall–Kier alpha value is -2.09. The molecule has 0 saturated carbocycles. The summed E-state index contributed by atoms with van der Waals surface area (Å²) in [7, 11) is 0. The van der Waals surface area contributed by atoms with Crippen molar-refractivity contribution in [2.75, 3.05) is 5.32 Å². The molecule has 1 aliphatic heterocycles. The van der Waals surface area contributed by atoms with Crippen LogP contribution in [0, 0.1) is 6.92 Å². The first kappa shape index (κ1) is 11.0. The molecule has 1 heterocycles. The van der Waals surface area contributed by atoms with Crippen LogP contribution in [0.3, 0.4) is 0 Å². The summed E-state index contributed by atoms with van der Waals surface area (Å²) in [6.07, 6.45) is 0.528. The number of hydrogen-bond acceptors (Lipinski definition) is 1. The number of anilines is 1. The Kier molecular flexibility index (Phi) is 2.63. The van der Waals surface area contributed by atoms with Crippen molar-refractivity contribution in [2.24, 2.45) is 0 Å². The summed E-state index contributed by atoms with van der Waals surface area (Å²) >= 11 is 0. The molecule has 3 rings (SSSR count). The SMILES string of the molecule is Cc1ccc2c(c1)[C@H](c1ccccc1)CC(=O)N2.